The van der Waals surface area contributed by atoms with Gasteiger partial charge < -0.3 is 5.73 Å². The Morgan fingerprint density at radius 3 is 2.17 bits per heavy atom. The molecule has 0 amide bonds. The molecule has 1 aromatic rings. The minimum Gasteiger partial charge on any atom is -0.327 e. The van der Waals surface area contributed by atoms with E-state index in [-0.39, 0.29) is 6.04 Å². The van der Waals surface area contributed by atoms with Gasteiger partial charge in [0, 0.05) is 19.5 Å². The van der Waals surface area contributed by atoms with Gasteiger partial charge >= 0.3 is 0 Å². The molecule has 1 atom stereocenters. The van der Waals surface area contributed by atoms with Crippen molar-refractivity contribution >= 4 is 11.6 Å². The Labute approximate surface area is 115 Å². The third kappa shape index (κ3) is 1.79. The van der Waals surface area contributed by atoms with Crippen molar-refractivity contribution in [1.82, 2.24) is 9.78 Å². The second-order valence-electron chi connectivity index (χ2n) is 6.76. The highest BCUT2D eigenvalue weighted by Gasteiger charge is 2.66. The van der Waals surface area contributed by atoms with Crippen LogP contribution in [0.2, 0.25) is 5.02 Å². The van der Waals surface area contributed by atoms with E-state index >= 15 is 0 Å². The van der Waals surface area contributed by atoms with Crippen molar-refractivity contribution in [3.8, 4) is 0 Å². The molecule has 2 rings (SSSR count). The van der Waals surface area contributed by atoms with Crippen LogP contribution in [-0.4, -0.2) is 15.8 Å². The Morgan fingerprint density at radius 1 is 1.33 bits per heavy atom. The van der Waals surface area contributed by atoms with Gasteiger partial charge in [-0.15, -0.1) is 0 Å². The maximum Gasteiger partial charge on any atom is 0.0847 e. The first-order valence-corrected chi connectivity index (χ1v) is 6.92. The molecular weight excluding hydrogens is 246 g/mol. The molecule has 1 unspecified atom stereocenters. The van der Waals surface area contributed by atoms with Crippen LogP contribution in [-0.2, 0) is 13.5 Å². The maximum absolute atomic E-state index is 6.41. The molecule has 0 aliphatic heterocycles. The molecule has 1 fully saturated rings. The number of hydrogen-bond acceptors (Lipinski definition) is 2. The van der Waals surface area contributed by atoms with Crippen LogP contribution >= 0.6 is 11.6 Å². The molecular formula is C14H24ClN3. The van der Waals surface area contributed by atoms with Crippen molar-refractivity contribution in [2.45, 2.75) is 47.1 Å². The van der Waals surface area contributed by atoms with Crippen molar-refractivity contribution in [1.29, 1.82) is 0 Å². The predicted octanol–water partition coefficient (Wildman–Crippen LogP) is 2.93. The SMILES string of the molecule is Cc1nn(C)c(CC(N)C2C(C)(C)C2(C)C)c1Cl. The molecule has 1 saturated carbocycles. The molecule has 2 N–H and O–H groups in total. The number of halogens is 1. The summed E-state index contributed by atoms with van der Waals surface area (Å²) in [5, 5.41) is 5.11. The van der Waals surface area contributed by atoms with E-state index in [4.69, 9.17) is 17.3 Å². The fourth-order valence-electron chi connectivity index (χ4n) is 3.56. The van der Waals surface area contributed by atoms with Crippen molar-refractivity contribution in [2.75, 3.05) is 0 Å². The molecule has 18 heavy (non-hydrogen) atoms. The molecule has 1 aliphatic rings. The lowest BCUT2D eigenvalue weighted by atomic mass is 10.0. The average molecular weight is 270 g/mol. The summed E-state index contributed by atoms with van der Waals surface area (Å²) in [5.41, 5.74) is 8.97. The fourth-order valence-corrected chi connectivity index (χ4v) is 3.80. The van der Waals surface area contributed by atoms with Crippen LogP contribution in [0.15, 0.2) is 0 Å². The third-order valence-corrected chi connectivity index (χ3v) is 5.74. The zero-order valence-electron chi connectivity index (χ0n) is 12.2. The monoisotopic (exact) mass is 269 g/mol. The van der Waals surface area contributed by atoms with E-state index in [0.29, 0.717) is 16.7 Å². The van der Waals surface area contributed by atoms with E-state index in [1.165, 1.54) is 0 Å². The number of rotatable bonds is 3. The number of nitrogens with two attached hydrogens (primary N) is 1. The van der Waals surface area contributed by atoms with Crippen LogP contribution in [0.3, 0.4) is 0 Å². The van der Waals surface area contributed by atoms with Gasteiger partial charge in [0.2, 0.25) is 0 Å². The standard InChI is InChI=1S/C14H24ClN3/c1-8-11(15)10(18(6)17-8)7-9(16)12-13(2,3)14(12,4)5/h9,12H,7,16H2,1-6H3. The summed E-state index contributed by atoms with van der Waals surface area (Å²) in [6, 6.07) is 0.141. The van der Waals surface area contributed by atoms with E-state index in [9.17, 15) is 0 Å². The summed E-state index contributed by atoms with van der Waals surface area (Å²) >= 11 is 6.29. The lowest BCUT2D eigenvalue weighted by Gasteiger charge is -2.14. The van der Waals surface area contributed by atoms with Crippen molar-refractivity contribution in [3.05, 3.63) is 16.4 Å². The Hall–Kier alpha value is -0.540. The van der Waals surface area contributed by atoms with Gasteiger partial charge in [0.1, 0.15) is 0 Å². The molecule has 1 heterocycles. The summed E-state index contributed by atoms with van der Waals surface area (Å²) in [7, 11) is 1.93. The molecule has 1 aliphatic carbocycles. The molecule has 0 radical (unpaired) electrons. The highest BCUT2D eigenvalue weighted by atomic mass is 35.5. The zero-order valence-corrected chi connectivity index (χ0v) is 13.0. The molecule has 0 spiro atoms. The molecule has 0 aromatic carbocycles. The third-order valence-electron chi connectivity index (χ3n) is 5.25. The van der Waals surface area contributed by atoms with Crippen molar-refractivity contribution < 1.29 is 0 Å². The smallest absolute Gasteiger partial charge is 0.0847 e. The fraction of sp³-hybridized carbons (Fsp3) is 0.786. The van der Waals surface area contributed by atoms with Crippen LogP contribution in [0.1, 0.15) is 39.1 Å². The van der Waals surface area contributed by atoms with Gasteiger partial charge in [-0.05, 0) is 23.7 Å². The van der Waals surface area contributed by atoms with E-state index in [2.05, 4.69) is 32.8 Å². The number of nitrogens with zero attached hydrogens (tertiary/aromatic N) is 2. The van der Waals surface area contributed by atoms with Crippen LogP contribution in [0, 0.1) is 23.7 Å². The van der Waals surface area contributed by atoms with Gasteiger partial charge in [0.15, 0.2) is 0 Å². The number of aryl methyl sites for hydroxylation is 2. The highest BCUT2D eigenvalue weighted by molar-refractivity contribution is 6.31. The van der Waals surface area contributed by atoms with Crippen LogP contribution in [0.4, 0.5) is 0 Å². The topological polar surface area (TPSA) is 43.8 Å². The maximum atomic E-state index is 6.41. The van der Waals surface area contributed by atoms with Gasteiger partial charge in [-0.2, -0.15) is 5.10 Å². The first-order chi connectivity index (χ1) is 8.10. The van der Waals surface area contributed by atoms with Crippen LogP contribution in [0.25, 0.3) is 0 Å². The summed E-state index contributed by atoms with van der Waals surface area (Å²) in [6.07, 6.45) is 0.799. The quantitative estimate of drug-likeness (QED) is 0.917. The Kier molecular flexibility index (Phi) is 3.07. The second kappa shape index (κ2) is 3.97. The highest BCUT2D eigenvalue weighted by Crippen LogP contribution is 2.69. The Balaban J connectivity index is 2.17. The first kappa shape index (κ1) is 13.9. The minimum absolute atomic E-state index is 0.141. The Bertz CT molecular complexity index is 460. The van der Waals surface area contributed by atoms with E-state index < -0.39 is 0 Å². The van der Waals surface area contributed by atoms with Crippen LogP contribution in [0.5, 0.6) is 0 Å². The summed E-state index contributed by atoms with van der Waals surface area (Å²) in [6.45, 7) is 11.1. The molecule has 0 saturated heterocycles. The van der Waals surface area contributed by atoms with Crippen molar-refractivity contribution in [2.24, 2.45) is 29.5 Å². The predicted molar refractivity (Wildman–Crippen MR) is 75.7 cm³/mol. The lowest BCUT2D eigenvalue weighted by molar-refractivity contribution is 0.457. The van der Waals surface area contributed by atoms with Gasteiger partial charge in [-0.3, -0.25) is 4.68 Å². The molecule has 3 nitrogen and oxygen atoms in total. The van der Waals surface area contributed by atoms with E-state index in [1.54, 1.807) is 0 Å². The summed E-state index contributed by atoms with van der Waals surface area (Å²) in [4.78, 5) is 0. The summed E-state index contributed by atoms with van der Waals surface area (Å²) < 4.78 is 1.86. The molecule has 1 aromatic heterocycles. The molecule has 0 bridgehead atoms. The van der Waals surface area contributed by atoms with Gasteiger partial charge in [-0.25, -0.2) is 0 Å². The second-order valence-corrected chi connectivity index (χ2v) is 7.14. The number of aromatic nitrogens is 2. The van der Waals surface area contributed by atoms with Crippen LogP contribution < -0.4 is 5.73 Å². The first-order valence-electron chi connectivity index (χ1n) is 6.54. The molecule has 4 heteroatoms. The van der Waals surface area contributed by atoms with E-state index in [0.717, 1.165) is 22.8 Å². The van der Waals surface area contributed by atoms with Gasteiger partial charge in [0.25, 0.3) is 0 Å². The van der Waals surface area contributed by atoms with Gasteiger partial charge in [-0.1, -0.05) is 39.3 Å². The lowest BCUT2D eigenvalue weighted by Crippen LogP contribution is -2.29. The average Bonchev–Trinajstić information content (AvgIpc) is 2.51. The minimum atomic E-state index is 0.141. The van der Waals surface area contributed by atoms with E-state index in [1.807, 2.05) is 18.7 Å². The zero-order chi connectivity index (χ0) is 13.9. The summed E-state index contributed by atoms with van der Waals surface area (Å²) in [5.74, 6) is 0.538. The van der Waals surface area contributed by atoms with Gasteiger partial charge in [0.05, 0.1) is 16.4 Å². The van der Waals surface area contributed by atoms with Crippen molar-refractivity contribution in [3.63, 3.8) is 0 Å². The number of hydrogen-bond donors (Lipinski definition) is 1. The molecule has 102 valence electrons. The largest absolute Gasteiger partial charge is 0.327 e. The normalized spacial score (nSPS) is 23.1. The Morgan fingerprint density at radius 2 is 1.83 bits per heavy atom.